The number of nitrogens with zero attached hydrogens (tertiary/aromatic N) is 2. The summed E-state index contributed by atoms with van der Waals surface area (Å²) in [6, 6.07) is 7.11. The van der Waals surface area contributed by atoms with Crippen LogP contribution in [-0.4, -0.2) is 40.2 Å². The van der Waals surface area contributed by atoms with E-state index >= 15 is 0 Å². The number of carbonyl (C=O) groups is 1. The van der Waals surface area contributed by atoms with Crippen LogP contribution < -0.4 is 0 Å². The predicted octanol–water partition coefficient (Wildman–Crippen LogP) is 2.75. The van der Waals surface area contributed by atoms with Crippen LogP contribution >= 0.6 is 0 Å². The van der Waals surface area contributed by atoms with E-state index in [1.165, 1.54) is 12.1 Å². The van der Waals surface area contributed by atoms with Crippen LogP contribution in [0.25, 0.3) is 0 Å². The summed E-state index contributed by atoms with van der Waals surface area (Å²) in [6.45, 7) is 1.47. The van der Waals surface area contributed by atoms with E-state index in [9.17, 15) is 14.3 Å². The van der Waals surface area contributed by atoms with Crippen molar-refractivity contribution in [3.8, 4) is 5.75 Å². The highest BCUT2D eigenvalue weighted by atomic mass is 19.1. The Morgan fingerprint density at radius 3 is 2.96 bits per heavy atom. The lowest BCUT2D eigenvalue weighted by Gasteiger charge is -2.26. The maximum atomic E-state index is 13.2. The van der Waals surface area contributed by atoms with Crippen molar-refractivity contribution in [2.75, 3.05) is 13.2 Å². The molecule has 24 heavy (non-hydrogen) atoms. The molecule has 0 saturated carbocycles. The van der Waals surface area contributed by atoms with Crippen LogP contribution in [0.5, 0.6) is 5.75 Å². The van der Waals surface area contributed by atoms with Crippen LogP contribution in [0, 0.1) is 5.82 Å². The van der Waals surface area contributed by atoms with Crippen LogP contribution in [-0.2, 0) is 11.3 Å². The zero-order chi connectivity index (χ0) is 16.9. The highest BCUT2D eigenvalue weighted by Crippen LogP contribution is 2.22. The average Bonchev–Trinajstić information content (AvgIpc) is 3.08. The highest BCUT2D eigenvalue weighted by Gasteiger charge is 2.25. The van der Waals surface area contributed by atoms with Crippen LogP contribution in [0.2, 0.25) is 0 Å². The van der Waals surface area contributed by atoms with Gasteiger partial charge in [0.05, 0.1) is 11.7 Å². The first kappa shape index (κ1) is 16.4. The Hall–Kier alpha value is -2.47. The van der Waals surface area contributed by atoms with E-state index in [1.807, 2.05) is 6.07 Å². The fraction of sp³-hybridized carbons (Fsp3) is 0.333. The molecule has 5 nitrogen and oxygen atoms in total. The van der Waals surface area contributed by atoms with Gasteiger partial charge in [-0.15, -0.1) is 0 Å². The smallest absolute Gasteiger partial charge is 0.258 e. The van der Waals surface area contributed by atoms with Crippen molar-refractivity contribution < 1.29 is 19.0 Å². The van der Waals surface area contributed by atoms with Gasteiger partial charge in [0.15, 0.2) is 0 Å². The average molecular weight is 330 g/mol. The minimum absolute atomic E-state index is 0.0202. The number of hydrogen-bond donors (Lipinski definition) is 1. The lowest BCUT2D eigenvalue weighted by molar-refractivity contribution is 0.0504. The number of phenols is 1. The molecule has 2 heterocycles. The first-order chi connectivity index (χ1) is 11.6. The van der Waals surface area contributed by atoms with E-state index in [1.54, 1.807) is 23.4 Å². The number of carbonyl (C=O) groups excluding carboxylic acids is 1. The van der Waals surface area contributed by atoms with Gasteiger partial charge in [-0.1, -0.05) is 6.07 Å². The summed E-state index contributed by atoms with van der Waals surface area (Å²) in [4.78, 5) is 18.5. The first-order valence-corrected chi connectivity index (χ1v) is 7.92. The molecule has 0 bridgehead atoms. The van der Waals surface area contributed by atoms with Gasteiger partial charge in [0.1, 0.15) is 11.6 Å². The van der Waals surface area contributed by atoms with Crippen molar-refractivity contribution >= 4 is 5.91 Å². The van der Waals surface area contributed by atoms with Crippen molar-refractivity contribution in [1.82, 2.24) is 9.88 Å². The van der Waals surface area contributed by atoms with Gasteiger partial charge in [-0.25, -0.2) is 4.39 Å². The standard InChI is InChI=1S/C18H19FN2O3/c19-14-5-6-16(17(22)9-14)18(23)21(12-15-4-2-8-24-15)11-13-3-1-7-20-10-13/h1,3,5-7,9-10,15,22H,2,4,8,11-12H2. The topological polar surface area (TPSA) is 62.7 Å². The minimum Gasteiger partial charge on any atom is -0.507 e. The molecule has 3 rings (SSSR count). The van der Waals surface area contributed by atoms with Crippen molar-refractivity contribution in [3.05, 3.63) is 59.7 Å². The monoisotopic (exact) mass is 330 g/mol. The molecule has 2 aromatic rings. The summed E-state index contributed by atoms with van der Waals surface area (Å²) in [5.74, 6) is -1.29. The van der Waals surface area contributed by atoms with Crippen LogP contribution in [0.15, 0.2) is 42.7 Å². The number of aromatic nitrogens is 1. The molecule has 1 unspecified atom stereocenters. The lowest BCUT2D eigenvalue weighted by atomic mass is 10.1. The zero-order valence-corrected chi connectivity index (χ0v) is 13.2. The molecule has 0 spiro atoms. The van der Waals surface area contributed by atoms with E-state index in [0.29, 0.717) is 19.7 Å². The third kappa shape index (κ3) is 3.89. The summed E-state index contributed by atoms with van der Waals surface area (Å²) < 4.78 is 18.8. The number of pyridine rings is 1. The van der Waals surface area contributed by atoms with Crippen LogP contribution in [0.4, 0.5) is 4.39 Å². The first-order valence-electron chi connectivity index (χ1n) is 7.92. The molecular weight excluding hydrogens is 311 g/mol. The number of aromatic hydroxyl groups is 1. The van der Waals surface area contributed by atoms with Crippen LogP contribution in [0.1, 0.15) is 28.8 Å². The Kier molecular flexibility index (Phi) is 5.05. The fourth-order valence-electron chi connectivity index (χ4n) is 2.82. The van der Waals surface area contributed by atoms with Gasteiger partial charge in [0.25, 0.3) is 5.91 Å². The number of phenolic OH excluding ortho intramolecular Hbond substituents is 1. The van der Waals surface area contributed by atoms with E-state index in [-0.39, 0.29) is 23.3 Å². The lowest BCUT2D eigenvalue weighted by Crippen LogP contribution is -2.37. The Balaban J connectivity index is 1.83. The molecule has 1 aromatic heterocycles. The molecule has 1 aromatic carbocycles. The van der Waals surface area contributed by atoms with Gasteiger partial charge in [-0.3, -0.25) is 9.78 Å². The predicted molar refractivity (Wildman–Crippen MR) is 86.0 cm³/mol. The van der Waals surface area contributed by atoms with Gasteiger partial charge in [0, 0.05) is 38.2 Å². The quantitative estimate of drug-likeness (QED) is 0.916. The van der Waals surface area contributed by atoms with E-state index in [4.69, 9.17) is 4.74 Å². The highest BCUT2D eigenvalue weighted by molar-refractivity contribution is 5.96. The second kappa shape index (κ2) is 7.40. The molecule has 1 amide bonds. The Bertz CT molecular complexity index is 703. The number of amides is 1. The molecule has 1 saturated heterocycles. The van der Waals surface area contributed by atoms with Gasteiger partial charge in [0.2, 0.25) is 0 Å². The van der Waals surface area contributed by atoms with Gasteiger partial charge < -0.3 is 14.7 Å². The third-order valence-corrected chi connectivity index (χ3v) is 4.02. The molecule has 1 aliphatic heterocycles. The van der Waals surface area contributed by atoms with Gasteiger partial charge in [-0.05, 0) is 36.6 Å². The summed E-state index contributed by atoms with van der Waals surface area (Å²) >= 11 is 0. The third-order valence-electron chi connectivity index (χ3n) is 4.02. The van der Waals surface area contributed by atoms with E-state index < -0.39 is 5.82 Å². The largest absolute Gasteiger partial charge is 0.507 e. The summed E-state index contributed by atoms with van der Waals surface area (Å²) in [6.07, 6.45) is 5.21. The Morgan fingerprint density at radius 1 is 1.42 bits per heavy atom. The number of benzene rings is 1. The molecular formula is C18H19FN2O3. The van der Waals surface area contributed by atoms with Crippen molar-refractivity contribution in [3.63, 3.8) is 0 Å². The molecule has 126 valence electrons. The Morgan fingerprint density at radius 2 is 2.29 bits per heavy atom. The Labute approximate surface area is 139 Å². The molecule has 0 radical (unpaired) electrons. The summed E-state index contributed by atoms with van der Waals surface area (Å²) in [7, 11) is 0. The van der Waals surface area contributed by atoms with E-state index in [2.05, 4.69) is 4.98 Å². The number of hydrogen-bond acceptors (Lipinski definition) is 4. The van der Waals surface area contributed by atoms with Gasteiger partial charge in [-0.2, -0.15) is 0 Å². The zero-order valence-electron chi connectivity index (χ0n) is 13.2. The van der Waals surface area contributed by atoms with E-state index in [0.717, 1.165) is 24.5 Å². The second-order valence-electron chi connectivity index (χ2n) is 5.84. The second-order valence-corrected chi connectivity index (χ2v) is 5.84. The number of halogens is 1. The SMILES string of the molecule is O=C(c1ccc(F)cc1O)N(Cc1cccnc1)CC1CCCO1. The number of ether oxygens (including phenoxy) is 1. The summed E-state index contributed by atoms with van der Waals surface area (Å²) in [5.41, 5.74) is 0.962. The molecule has 1 N–H and O–H groups in total. The van der Waals surface area contributed by atoms with Crippen LogP contribution in [0.3, 0.4) is 0 Å². The molecule has 1 fully saturated rings. The maximum absolute atomic E-state index is 13.2. The molecule has 6 heteroatoms. The molecule has 1 atom stereocenters. The summed E-state index contributed by atoms with van der Waals surface area (Å²) in [5, 5.41) is 9.91. The normalized spacial score (nSPS) is 17.0. The fourth-order valence-corrected chi connectivity index (χ4v) is 2.82. The van der Waals surface area contributed by atoms with Crippen molar-refractivity contribution in [2.45, 2.75) is 25.5 Å². The molecule has 1 aliphatic rings. The minimum atomic E-state index is -0.581. The van der Waals surface area contributed by atoms with Crippen molar-refractivity contribution in [1.29, 1.82) is 0 Å². The molecule has 0 aliphatic carbocycles. The maximum Gasteiger partial charge on any atom is 0.258 e. The van der Waals surface area contributed by atoms with Crippen molar-refractivity contribution in [2.24, 2.45) is 0 Å². The van der Waals surface area contributed by atoms with Gasteiger partial charge >= 0.3 is 0 Å². The number of rotatable bonds is 5.